The molecule has 3 rings (SSSR count). The van der Waals surface area contributed by atoms with Crippen molar-refractivity contribution < 1.29 is 9.53 Å². The van der Waals surface area contributed by atoms with Gasteiger partial charge in [-0.25, -0.2) is 0 Å². The molecule has 0 radical (unpaired) electrons. The Kier molecular flexibility index (Phi) is 5.51. The fraction of sp³-hybridized carbons (Fsp3) is 0.647. The quantitative estimate of drug-likeness (QED) is 0.804. The van der Waals surface area contributed by atoms with Crippen LogP contribution in [0.3, 0.4) is 0 Å². The van der Waals surface area contributed by atoms with Gasteiger partial charge in [-0.05, 0) is 24.8 Å². The lowest BCUT2D eigenvalue weighted by Gasteiger charge is -2.39. The second-order valence-electron chi connectivity index (χ2n) is 6.42. The molecule has 1 aromatic heterocycles. The van der Waals surface area contributed by atoms with E-state index in [0.717, 1.165) is 44.2 Å². The van der Waals surface area contributed by atoms with Crippen molar-refractivity contribution in [2.24, 2.45) is 0 Å². The molecule has 0 saturated carbocycles. The molecule has 0 aliphatic carbocycles. The predicted molar refractivity (Wildman–Crippen MR) is 94.3 cm³/mol. The zero-order valence-electron chi connectivity index (χ0n) is 14.3. The van der Waals surface area contributed by atoms with E-state index in [2.05, 4.69) is 22.8 Å². The van der Waals surface area contributed by atoms with Crippen LogP contribution in [-0.4, -0.2) is 74.2 Å². The number of anilines is 1. The van der Waals surface area contributed by atoms with E-state index in [1.54, 1.807) is 18.1 Å². The molecule has 24 heavy (non-hydrogen) atoms. The molecule has 7 heteroatoms. The van der Waals surface area contributed by atoms with Crippen molar-refractivity contribution in [1.29, 1.82) is 5.26 Å². The van der Waals surface area contributed by atoms with E-state index in [-0.39, 0.29) is 11.9 Å². The zero-order valence-corrected chi connectivity index (χ0v) is 15.1. The van der Waals surface area contributed by atoms with Gasteiger partial charge < -0.3 is 9.64 Å². The van der Waals surface area contributed by atoms with E-state index in [0.29, 0.717) is 18.2 Å². The Hall–Kier alpha value is -1.46. The van der Waals surface area contributed by atoms with Gasteiger partial charge in [-0.15, -0.1) is 11.3 Å². The molecule has 0 unspecified atom stereocenters. The zero-order chi connectivity index (χ0) is 17.1. The second kappa shape index (κ2) is 7.62. The van der Waals surface area contributed by atoms with E-state index < -0.39 is 0 Å². The molecule has 1 amide bonds. The van der Waals surface area contributed by atoms with E-state index in [1.165, 1.54) is 11.3 Å². The number of thiophene rings is 1. The fourth-order valence-corrected chi connectivity index (χ4v) is 4.52. The predicted octanol–water partition coefficient (Wildman–Crippen LogP) is 1.38. The van der Waals surface area contributed by atoms with Crippen LogP contribution in [0, 0.1) is 11.3 Å². The lowest BCUT2D eigenvalue weighted by atomic mass is 10.1. The Morgan fingerprint density at radius 3 is 2.79 bits per heavy atom. The first-order chi connectivity index (χ1) is 11.7. The van der Waals surface area contributed by atoms with Gasteiger partial charge in [0.2, 0.25) is 5.91 Å². The maximum atomic E-state index is 12.8. The largest absolute Gasteiger partial charge is 0.383 e. The van der Waals surface area contributed by atoms with Crippen LogP contribution in [0.15, 0.2) is 11.4 Å². The first-order valence-electron chi connectivity index (χ1n) is 8.41. The van der Waals surface area contributed by atoms with Gasteiger partial charge in [0.25, 0.3) is 0 Å². The van der Waals surface area contributed by atoms with Crippen LogP contribution in [0.25, 0.3) is 0 Å². The summed E-state index contributed by atoms with van der Waals surface area (Å²) in [5.74, 6) is 0.146. The average Bonchev–Trinajstić information content (AvgIpc) is 3.21. The van der Waals surface area contributed by atoms with Gasteiger partial charge in [0.1, 0.15) is 11.1 Å². The number of hydrogen-bond acceptors (Lipinski definition) is 6. The SMILES string of the molecule is COC[C@@H](C)N1CCN([C@@H]2CCN(c3sccc3C#N)C2=O)CC1. The summed E-state index contributed by atoms with van der Waals surface area (Å²) >= 11 is 1.48. The highest BCUT2D eigenvalue weighted by atomic mass is 32.1. The molecule has 6 nitrogen and oxygen atoms in total. The van der Waals surface area contributed by atoms with Gasteiger partial charge in [0.05, 0.1) is 18.2 Å². The lowest BCUT2D eigenvalue weighted by Crippen LogP contribution is -2.55. The molecule has 3 heterocycles. The summed E-state index contributed by atoms with van der Waals surface area (Å²) in [7, 11) is 1.73. The summed E-state index contributed by atoms with van der Waals surface area (Å²) in [6.45, 7) is 7.39. The van der Waals surface area contributed by atoms with Crippen LogP contribution in [0.1, 0.15) is 18.9 Å². The summed E-state index contributed by atoms with van der Waals surface area (Å²) < 4.78 is 5.24. The Balaban J connectivity index is 1.60. The standard InChI is InChI=1S/C17H24N4O2S/c1-13(12-23-2)19-6-8-20(9-7-19)15-3-5-21(16(15)22)17-14(11-18)4-10-24-17/h4,10,13,15H,3,5-9,12H2,1-2H3/t13-,15-/m1/s1. The summed E-state index contributed by atoms with van der Waals surface area (Å²) in [6, 6.07) is 4.34. The number of nitrogens with zero attached hydrogens (tertiary/aromatic N) is 4. The first kappa shape index (κ1) is 17.4. The molecule has 2 aliphatic rings. The Bertz CT molecular complexity index is 618. The number of carbonyl (C=O) groups excluding carboxylic acids is 1. The van der Waals surface area contributed by atoms with Crippen molar-refractivity contribution in [1.82, 2.24) is 9.80 Å². The number of ether oxygens (including phenoxy) is 1. The van der Waals surface area contributed by atoms with Crippen molar-refractivity contribution in [2.75, 3.05) is 51.3 Å². The summed E-state index contributed by atoms with van der Waals surface area (Å²) in [4.78, 5) is 19.4. The first-order valence-corrected chi connectivity index (χ1v) is 9.29. The molecule has 130 valence electrons. The monoisotopic (exact) mass is 348 g/mol. The van der Waals surface area contributed by atoms with Gasteiger partial charge in [0.15, 0.2) is 0 Å². The maximum absolute atomic E-state index is 12.8. The third-order valence-corrected chi connectivity index (χ3v) is 5.94. The smallest absolute Gasteiger partial charge is 0.245 e. The molecule has 2 fully saturated rings. The normalized spacial score (nSPS) is 24.3. The number of hydrogen-bond donors (Lipinski definition) is 0. The number of amides is 1. The van der Waals surface area contributed by atoms with Gasteiger partial charge in [-0.3, -0.25) is 14.6 Å². The van der Waals surface area contributed by atoms with Crippen molar-refractivity contribution in [3.05, 3.63) is 17.0 Å². The Morgan fingerprint density at radius 1 is 1.38 bits per heavy atom. The highest BCUT2D eigenvalue weighted by Gasteiger charge is 2.39. The third kappa shape index (κ3) is 3.33. The number of carbonyl (C=O) groups is 1. The van der Waals surface area contributed by atoms with Crippen LogP contribution in [-0.2, 0) is 9.53 Å². The van der Waals surface area contributed by atoms with Gasteiger partial charge in [-0.1, -0.05) is 0 Å². The minimum absolute atomic E-state index is 0.0430. The summed E-state index contributed by atoms with van der Waals surface area (Å²) in [5.41, 5.74) is 0.604. The van der Waals surface area contributed by atoms with Crippen molar-refractivity contribution in [3.63, 3.8) is 0 Å². The van der Waals surface area contributed by atoms with Crippen LogP contribution in [0.2, 0.25) is 0 Å². The fourth-order valence-electron chi connectivity index (χ4n) is 3.64. The number of piperazine rings is 1. The maximum Gasteiger partial charge on any atom is 0.245 e. The van der Waals surface area contributed by atoms with Crippen molar-refractivity contribution >= 4 is 22.2 Å². The molecule has 2 aliphatic heterocycles. The highest BCUT2D eigenvalue weighted by Crippen LogP contribution is 2.32. The minimum Gasteiger partial charge on any atom is -0.383 e. The molecule has 0 aromatic carbocycles. The molecule has 2 saturated heterocycles. The minimum atomic E-state index is -0.0430. The number of methoxy groups -OCH3 is 1. The molecule has 1 aromatic rings. The molecular formula is C17H24N4O2S. The molecule has 0 spiro atoms. The summed E-state index contributed by atoms with van der Waals surface area (Å²) in [6.07, 6.45) is 0.842. The van der Waals surface area contributed by atoms with E-state index in [4.69, 9.17) is 4.74 Å². The summed E-state index contributed by atoms with van der Waals surface area (Å²) in [5, 5.41) is 11.9. The second-order valence-corrected chi connectivity index (χ2v) is 7.32. The Morgan fingerprint density at radius 2 is 2.12 bits per heavy atom. The van der Waals surface area contributed by atoms with Gasteiger partial charge in [-0.2, -0.15) is 5.26 Å². The van der Waals surface area contributed by atoms with E-state index >= 15 is 0 Å². The molecule has 0 N–H and O–H groups in total. The van der Waals surface area contributed by atoms with Crippen LogP contribution in [0.4, 0.5) is 5.00 Å². The lowest BCUT2D eigenvalue weighted by molar-refractivity contribution is -0.122. The van der Waals surface area contributed by atoms with Gasteiger partial charge in [0, 0.05) is 45.9 Å². The number of rotatable bonds is 5. The highest BCUT2D eigenvalue weighted by molar-refractivity contribution is 7.14. The average molecular weight is 348 g/mol. The van der Waals surface area contributed by atoms with E-state index in [9.17, 15) is 10.1 Å². The van der Waals surface area contributed by atoms with E-state index in [1.807, 2.05) is 5.38 Å². The Labute approximate surface area is 147 Å². The molecule has 0 bridgehead atoms. The molecule has 2 atom stereocenters. The third-order valence-electron chi connectivity index (χ3n) is 5.01. The van der Waals surface area contributed by atoms with Crippen LogP contribution >= 0.6 is 11.3 Å². The van der Waals surface area contributed by atoms with Crippen LogP contribution in [0.5, 0.6) is 0 Å². The van der Waals surface area contributed by atoms with Crippen LogP contribution < -0.4 is 4.90 Å². The van der Waals surface area contributed by atoms with Crippen molar-refractivity contribution in [2.45, 2.75) is 25.4 Å². The number of nitriles is 1. The van der Waals surface area contributed by atoms with Gasteiger partial charge >= 0.3 is 0 Å². The topological polar surface area (TPSA) is 59.8 Å². The molecular weight excluding hydrogens is 324 g/mol. The van der Waals surface area contributed by atoms with Crippen molar-refractivity contribution in [3.8, 4) is 6.07 Å².